The van der Waals surface area contributed by atoms with Crippen molar-refractivity contribution in [2.24, 2.45) is 0 Å². The quantitative estimate of drug-likeness (QED) is 0.0195. The number of unbranched alkanes of at least 4 members (excludes halogenated alkanes) is 34. The van der Waals surface area contributed by atoms with E-state index in [4.69, 9.17) is 14.2 Å². The zero-order valence-electron chi connectivity index (χ0n) is 52.9. The van der Waals surface area contributed by atoms with Crippen molar-refractivity contribution >= 4 is 11.9 Å². The van der Waals surface area contributed by atoms with Crippen LogP contribution in [0.25, 0.3) is 0 Å². The molecular formula is C71H127NO10. The maximum Gasteiger partial charge on any atom is 0.306 e. The van der Waals surface area contributed by atoms with Gasteiger partial charge in [-0.25, -0.2) is 0 Å². The molecule has 11 nitrogen and oxygen atoms in total. The number of hydrogen-bond donors (Lipinski definition) is 6. The van der Waals surface area contributed by atoms with Crippen LogP contribution in [-0.4, -0.2) is 99.6 Å². The number of rotatable bonds is 58. The summed E-state index contributed by atoms with van der Waals surface area (Å²) in [6.07, 6.45) is 65.0. The first-order valence-corrected chi connectivity index (χ1v) is 34.2. The molecule has 0 aromatic heterocycles. The topological polar surface area (TPSA) is 175 Å². The van der Waals surface area contributed by atoms with Crippen molar-refractivity contribution in [1.29, 1.82) is 0 Å². The highest BCUT2D eigenvalue weighted by Crippen LogP contribution is 2.26. The monoisotopic (exact) mass is 1150 g/mol. The SMILES string of the molecule is CCCCC/C=C\C/C=C\C/C=C\C/C=C\CCCCCCCC(=O)OC1C(OCC(NC(=O)C(O)CCCCCCCCCCCC/C=C/CCCCCCCC)C(O)/C=C/CCCCCCCCCCCC)OC(CO)C(O)C1O. The number of esters is 1. The molecule has 0 radical (unpaired) electrons. The van der Waals surface area contributed by atoms with Crippen LogP contribution in [0.3, 0.4) is 0 Å². The lowest BCUT2D eigenvalue weighted by atomic mass is 9.99. The van der Waals surface area contributed by atoms with Crippen molar-refractivity contribution in [2.75, 3.05) is 13.2 Å². The fourth-order valence-electron chi connectivity index (χ4n) is 10.4. The van der Waals surface area contributed by atoms with Crippen LogP contribution in [-0.2, 0) is 23.8 Å². The summed E-state index contributed by atoms with van der Waals surface area (Å²) in [6.45, 7) is 5.77. The van der Waals surface area contributed by atoms with E-state index in [1.54, 1.807) is 6.08 Å². The first kappa shape index (κ1) is 77.1. The summed E-state index contributed by atoms with van der Waals surface area (Å²) < 4.78 is 17.7. The van der Waals surface area contributed by atoms with Crippen LogP contribution in [0, 0.1) is 0 Å². The van der Waals surface area contributed by atoms with Gasteiger partial charge in [0.1, 0.15) is 24.4 Å². The number of amides is 1. The lowest BCUT2D eigenvalue weighted by Gasteiger charge is -2.41. The highest BCUT2D eigenvalue weighted by atomic mass is 16.7. The van der Waals surface area contributed by atoms with Crippen LogP contribution < -0.4 is 5.32 Å². The van der Waals surface area contributed by atoms with Crippen LogP contribution >= 0.6 is 0 Å². The number of nitrogens with one attached hydrogen (secondary N) is 1. The Kier molecular flexibility index (Phi) is 55.0. The first-order chi connectivity index (χ1) is 40.2. The van der Waals surface area contributed by atoms with Gasteiger partial charge in [0, 0.05) is 6.42 Å². The number of carbonyl (C=O) groups is 2. The molecule has 6 N–H and O–H groups in total. The maximum absolute atomic E-state index is 13.5. The third-order valence-corrected chi connectivity index (χ3v) is 15.8. The molecule has 1 aliphatic heterocycles. The molecule has 1 amide bonds. The molecule has 8 atom stereocenters. The van der Waals surface area contributed by atoms with Gasteiger partial charge in [-0.3, -0.25) is 9.59 Å². The van der Waals surface area contributed by atoms with Gasteiger partial charge in [0.15, 0.2) is 12.4 Å². The number of allylic oxidation sites excluding steroid dienone is 11. The molecule has 11 heteroatoms. The van der Waals surface area contributed by atoms with E-state index in [1.807, 2.05) is 6.08 Å². The maximum atomic E-state index is 13.5. The molecule has 0 saturated carbocycles. The lowest BCUT2D eigenvalue weighted by Crippen LogP contribution is -2.61. The summed E-state index contributed by atoms with van der Waals surface area (Å²) in [5, 5.41) is 57.2. The summed E-state index contributed by atoms with van der Waals surface area (Å²) in [4.78, 5) is 26.6. The second kappa shape index (κ2) is 58.5. The molecule has 0 aromatic rings. The zero-order chi connectivity index (χ0) is 59.6. The van der Waals surface area contributed by atoms with Crippen LogP contribution in [0.4, 0.5) is 0 Å². The molecule has 1 rings (SSSR count). The minimum Gasteiger partial charge on any atom is -0.454 e. The predicted molar refractivity (Wildman–Crippen MR) is 343 cm³/mol. The molecule has 0 spiro atoms. The molecule has 0 aliphatic carbocycles. The van der Waals surface area contributed by atoms with E-state index >= 15 is 0 Å². The largest absolute Gasteiger partial charge is 0.454 e. The van der Waals surface area contributed by atoms with Gasteiger partial charge in [-0.1, -0.05) is 273 Å². The average molecular weight is 1150 g/mol. The fraction of sp³-hybridized carbons (Fsp3) is 0.803. The number of carbonyl (C=O) groups excluding carboxylic acids is 2. The smallest absolute Gasteiger partial charge is 0.306 e. The molecule has 1 saturated heterocycles. The number of ether oxygens (including phenoxy) is 3. The molecule has 1 heterocycles. The minimum absolute atomic E-state index is 0.101. The van der Waals surface area contributed by atoms with Crippen LogP contribution in [0.2, 0.25) is 0 Å². The van der Waals surface area contributed by atoms with Gasteiger partial charge >= 0.3 is 5.97 Å². The normalized spacial score (nSPS) is 19.0. The van der Waals surface area contributed by atoms with E-state index < -0.39 is 67.4 Å². The number of aliphatic hydroxyl groups excluding tert-OH is 5. The minimum atomic E-state index is -1.62. The molecule has 1 aliphatic rings. The van der Waals surface area contributed by atoms with Crippen LogP contribution in [0.1, 0.15) is 303 Å². The zero-order valence-corrected chi connectivity index (χ0v) is 52.9. The number of hydrogen-bond acceptors (Lipinski definition) is 10. The Morgan fingerprint density at radius 1 is 0.476 bits per heavy atom. The third kappa shape index (κ3) is 45.5. The summed E-state index contributed by atoms with van der Waals surface area (Å²) >= 11 is 0. The second-order valence-corrected chi connectivity index (χ2v) is 23.6. The standard InChI is InChI=1S/C71H127NO10/c1-4-7-10-13-16-19-22-25-27-29-31-33-35-37-39-41-44-47-50-53-56-59-66(76)82-69-68(78)67(77)65(60-73)81-71(69)80-61-62(63(74)57-54-51-48-45-42-24-21-18-15-12-9-6-3)72-70(79)64(75)58-55-52-49-46-43-40-38-36-34-32-30-28-26-23-20-17-14-11-8-5-2/h16,19,25-28,31,33,37,39,54,57,62-65,67-69,71,73-75,77-78H,4-15,17-18,20-24,29-30,32,34-36,38,40-53,55-56,58-61H2,1-3H3,(H,72,79)/b19-16-,27-25-,28-26+,33-31-,39-37-,57-54+. The molecule has 82 heavy (non-hydrogen) atoms. The van der Waals surface area contributed by atoms with Crippen molar-refractivity contribution in [3.63, 3.8) is 0 Å². The van der Waals surface area contributed by atoms with Gasteiger partial charge in [0.25, 0.3) is 0 Å². The van der Waals surface area contributed by atoms with Gasteiger partial charge in [0.05, 0.1) is 25.4 Å². The van der Waals surface area contributed by atoms with Crippen molar-refractivity contribution in [3.8, 4) is 0 Å². The van der Waals surface area contributed by atoms with E-state index in [1.165, 1.54) is 167 Å². The fourth-order valence-corrected chi connectivity index (χ4v) is 10.4. The highest BCUT2D eigenvalue weighted by molar-refractivity contribution is 5.80. The Hall–Kier alpha value is -2.90. The first-order valence-electron chi connectivity index (χ1n) is 34.2. The summed E-state index contributed by atoms with van der Waals surface area (Å²) in [5.41, 5.74) is 0. The second-order valence-electron chi connectivity index (χ2n) is 23.6. The van der Waals surface area contributed by atoms with E-state index in [0.29, 0.717) is 12.8 Å². The number of aliphatic hydroxyl groups is 5. The Bertz CT molecular complexity index is 1610. The van der Waals surface area contributed by atoms with E-state index in [9.17, 15) is 35.1 Å². The Morgan fingerprint density at radius 3 is 1.29 bits per heavy atom. The van der Waals surface area contributed by atoms with Gasteiger partial charge < -0.3 is 45.1 Å². The van der Waals surface area contributed by atoms with Crippen molar-refractivity contribution in [3.05, 3.63) is 72.9 Å². The molecule has 476 valence electrons. The van der Waals surface area contributed by atoms with Gasteiger partial charge in [-0.2, -0.15) is 0 Å². The summed E-state index contributed by atoms with van der Waals surface area (Å²) in [5.74, 6) is -1.21. The van der Waals surface area contributed by atoms with Gasteiger partial charge in [0.2, 0.25) is 5.91 Å². The van der Waals surface area contributed by atoms with Gasteiger partial charge in [-0.05, 0) is 96.3 Å². The predicted octanol–water partition coefficient (Wildman–Crippen LogP) is 17.1. The van der Waals surface area contributed by atoms with Crippen molar-refractivity contribution in [2.45, 2.75) is 352 Å². The van der Waals surface area contributed by atoms with Crippen molar-refractivity contribution in [1.82, 2.24) is 5.32 Å². The Morgan fingerprint density at radius 2 is 0.841 bits per heavy atom. The van der Waals surface area contributed by atoms with Crippen LogP contribution in [0.5, 0.6) is 0 Å². The average Bonchev–Trinajstić information content (AvgIpc) is 3.44. The molecular weight excluding hydrogens is 1030 g/mol. The molecule has 0 bridgehead atoms. The summed E-state index contributed by atoms with van der Waals surface area (Å²) in [7, 11) is 0. The van der Waals surface area contributed by atoms with E-state index in [2.05, 4.69) is 86.8 Å². The Labute approximate surface area is 502 Å². The lowest BCUT2D eigenvalue weighted by molar-refractivity contribution is -0.305. The van der Waals surface area contributed by atoms with Crippen molar-refractivity contribution < 1.29 is 49.3 Å². The van der Waals surface area contributed by atoms with E-state index in [0.717, 1.165) is 89.9 Å². The van der Waals surface area contributed by atoms with E-state index in [-0.39, 0.29) is 19.4 Å². The Balaban J connectivity index is 2.63. The van der Waals surface area contributed by atoms with Gasteiger partial charge in [-0.15, -0.1) is 0 Å². The third-order valence-electron chi connectivity index (χ3n) is 15.8. The highest BCUT2D eigenvalue weighted by Gasteiger charge is 2.47. The molecule has 0 aromatic carbocycles. The molecule has 8 unspecified atom stereocenters. The summed E-state index contributed by atoms with van der Waals surface area (Å²) in [6, 6.07) is -1.03. The van der Waals surface area contributed by atoms with Crippen LogP contribution in [0.15, 0.2) is 72.9 Å². The molecule has 1 fully saturated rings.